The van der Waals surface area contributed by atoms with Crippen LogP contribution in [0.1, 0.15) is 25.3 Å². The molecule has 2 N–H and O–H groups in total. The van der Waals surface area contributed by atoms with Crippen LogP contribution in [0.15, 0.2) is 18.2 Å². The van der Waals surface area contributed by atoms with E-state index in [-0.39, 0.29) is 0 Å². The Morgan fingerprint density at radius 3 is 2.35 bits per heavy atom. The maximum Gasteiger partial charge on any atom is 0.0579 e. The molecule has 0 unspecified atom stereocenters. The minimum Gasteiger partial charge on any atom is -0.382 e. The van der Waals surface area contributed by atoms with Gasteiger partial charge in [0, 0.05) is 26.2 Å². The lowest BCUT2D eigenvalue weighted by Crippen LogP contribution is -2.28. The number of anilines is 2. The van der Waals surface area contributed by atoms with Gasteiger partial charge in [-0.25, -0.2) is 0 Å². The molecule has 3 heteroatoms. The molecule has 0 spiro atoms. The van der Waals surface area contributed by atoms with Crippen molar-refractivity contribution in [3.63, 3.8) is 0 Å². The first kappa shape index (κ1) is 12.2. The Morgan fingerprint density at radius 1 is 1.06 bits per heavy atom. The van der Waals surface area contributed by atoms with Gasteiger partial charge in [-0.1, -0.05) is 19.9 Å². The Bertz CT molecular complexity index is 374. The van der Waals surface area contributed by atoms with Crippen LogP contribution in [0, 0.1) is 0 Å². The van der Waals surface area contributed by atoms with Gasteiger partial charge in [0.05, 0.1) is 11.4 Å². The van der Waals surface area contributed by atoms with E-state index in [4.69, 9.17) is 0 Å². The molecule has 0 saturated heterocycles. The summed E-state index contributed by atoms with van der Waals surface area (Å²) in [5.74, 6) is 0.581. The van der Waals surface area contributed by atoms with Crippen LogP contribution in [0.5, 0.6) is 0 Å². The molecule has 0 aliphatic carbocycles. The summed E-state index contributed by atoms with van der Waals surface area (Å²) < 4.78 is 0. The number of fused-ring (bicyclic) bond motifs is 1. The van der Waals surface area contributed by atoms with Crippen molar-refractivity contribution >= 4 is 11.4 Å². The van der Waals surface area contributed by atoms with Gasteiger partial charge in [0.2, 0.25) is 0 Å². The molecule has 2 rings (SSSR count). The van der Waals surface area contributed by atoms with Crippen LogP contribution in [-0.4, -0.2) is 38.1 Å². The minimum atomic E-state index is 0.581. The van der Waals surface area contributed by atoms with Gasteiger partial charge < -0.3 is 15.5 Å². The molecule has 1 aromatic rings. The Morgan fingerprint density at radius 2 is 1.71 bits per heavy atom. The summed E-state index contributed by atoms with van der Waals surface area (Å²) in [5, 5.41) is 7.02. The second kappa shape index (κ2) is 5.41. The van der Waals surface area contributed by atoms with Gasteiger partial charge >= 0.3 is 0 Å². The molecule has 0 radical (unpaired) electrons. The molecule has 1 aliphatic heterocycles. The van der Waals surface area contributed by atoms with Crippen LogP contribution < -0.4 is 10.6 Å². The quantitative estimate of drug-likeness (QED) is 0.780. The number of hydrogen-bond donors (Lipinski definition) is 2. The van der Waals surface area contributed by atoms with Crippen molar-refractivity contribution in [1.29, 1.82) is 0 Å². The van der Waals surface area contributed by atoms with E-state index in [2.05, 4.69) is 54.6 Å². The van der Waals surface area contributed by atoms with Gasteiger partial charge in [-0.05, 0) is 30.7 Å². The van der Waals surface area contributed by atoms with Crippen LogP contribution in [0.25, 0.3) is 0 Å². The average Bonchev–Trinajstić information content (AvgIpc) is 2.38. The highest BCUT2D eigenvalue weighted by atomic mass is 15.1. The van der Waals surface area contributed by atoms with Crippen molar-refractivity contribution in [1.82, 2.24) is 4.90 Å². The topological polar surface area (TPSA) is 27.3 Å². The SMILES string of the molecule is CC(C)c1ccc2c(c1)NCCN(C)CCN2. The van der Waals surface area contributed by atoms with Gasteiger partial charge in [-0.2, -0.15) is 0 Å². The van der Waals surface area contributed by atoms with E-state index in [1.54, 1.807) is 0 Å². The highest BCUT2D eigenvalue weighted by Crippen LogP contribution is 2.27. The van der Waals surface area contributed by atoms with E-state index in [0.29, 0.717) is 5.92 Å². The number of rotatable bonds is 1. The maximum absolute atomic E-state index is 3.53. The molecule has 0 saturated carbocycles. The van der Waals surface area contributed by atoms with Gasteiger partial charge in [-0.3, -0.25) is 0 Å². The molecule has 0 bridgehead atoms. The highest BCUT2D eigenvalue weighted by molar-refractivity contribution is 5.70. The zero-order valence-electron chi connectivity index (χ0n) is 11.1. The van der Waals surface area contributed by atoms with E-state index in [1.165, 1.54) is 16.9 Å². The van der Waals surface area contributed by atoms with Crippen molar-refractivity contribution in [2.75, 3.05) is 43.9 Å². The highest BCUT2D eigenvalue weighted by Gasteiger charge is 2.08. The molecule has 1 aliphatic rings. The minimum absolute atomic E-state index is 0.581. The summed E-state index contributed by atoms with van der Waals surface area (Å²) >= 11 is 0. The molecule has 3 nitrogen and oxygen atoms in total. The predicted octanol–water partition coefficient (Wildman–Crippen LogP) is 2.58. The molecule has 0 amide bonds. The van der Waals surface area contributed by atoms with Crippen molar-refractivity contribution in [2.45, 2.75) is 19.8 Å². The molecule has 0 fully saturated rings. The maximum atomic E-state index is 3.53. The third-order valence-corrected chi connectivity index (χ3v) is 3.33. The fourth-order valence-corrected chi connectivity index (χ4v) is 2.10. The Balaban J connectivity index is 2.21. The number of benzene rings is 1. The summed E-state index contributed by atoms with van der Waals surface area (Å²) in [6.07, 6.45) is 0. The summed E-state index contributed by atoms with van der Waals surface area (Å²) in [4.78, 5) is 2.34. The number of nitrogens with one attached hydrogen (secondary N) is 2. The fourth-order valence-electron chi connectivity index (χ4n) is 2.10. The Labute approximate surface area is 104 Å². The van der Waals surface area contributed by atoms with Crippen molar-refractivity contribution in [2.24, 2.45) is 0 Å². The van der Waals surface area contributed by atoms with Crippen LogP contribution in [-0.2, 0) is 0 Å². The lowest BCUT2D eigenvalue weighted by Gasteiger charge is -2.15. The van der Waals surface area contributed by atoms with E-state index in [0.717, 1.165) is 26.2 Å². The zero-order valence-corrected chi connectivity index (χ0v) is 11.1. The van der Waals surface area contributed by atoms with Crippen molar-refractivity contribution in [3.05, 3.63) is 23.8 Å². The van der Waals surface area contributed by atoms with Crippen LogP contribution in [0.4, 0.5) is 11.4 Å². The molecular formula is C14H23N3. The molecule has 1 aromatic carbocycles. The largest absolute Gasteiger partial charge is 0.382 e. The molecule has 94 valence electrons. The molecule has 1 heterocycles. The summed E-state index contributed by atoms with van der Waals surface area (Å²) in [6.45, 7) is 8.66. The Hall–Kier alpha value is -1.22. The standard InChI is InChI=1S/C14H23N3/c1-11(2)12-4-5-13-14(10-12)16-7-9-17(3)8-6-15-13/h4-5,10-11,15-16H,6-9H2,1-3H3. The molecule has 17 heavy (non-hydrogen) atoms. The lowest BCUT2D eigenvalue weighted by molar-refractivity contribution is 0.362. The first-order valence-corrected chi connectivity index (χ1v) is 6.47. The monoisotopic (exact) mass is 233 g/mol. The molecular weight excluding hydrogens is 210 g/mol. The second-order valence-corrected chi connectivity index (χ2v) is 5.12. The van der Waals surface area contributed by atoms with Crippen LogP contribution >= 0.6 is 0 Å². The van der Waals surface area contributed by atoms with E-state index in [1.807, 2.05) is 0 Å². The van der Waals surface area contributed by atoms with Gasteiger partial charge in [0.1, 0.15) is 0 Å². The molecule has 0 aromatic heterocycles. The third-order valence-electron chi connectivity index (χ3n) is 3.33. The lowest BCUT2D eigenvalue weighted by atomic mass is 10.0. The van der Waals surface area contributed by atoms with Gasteiger partial charge in [0.25, 0.3) is 0 Å². The smallest absolute Gasteiger partial charge is 0.0579 e. The van der Waals surface area contributed by atoms with Crippen LogP contribution in [0.2, 0.25) is 0 Å². The Kier molecular flexibility index (Phi) is 3.89. The summed E-state index contributed by atoms with van der Waals surface area (Å²) in [5.41, 5.74) is 3.86. The second-order valence-electron chi connectivity index (χ2n) is 5.12. The first-order chi connectivity index (χ1) is 8.16. The van der Waals surface area contributed by atoms with Crippen LogP contribution in [0.3, 0.4) is 0 Å². The number of nitrogens with zero attached hydrogens (tertiary/aromatic N) is 1. The molecule has 0 atom stereocenters. The fraction of sp³-hybridized carbons (Fsp3) is 0.571. The van der Waals surface area contributed by atoms with E-state index < -0.39 is 0 Å². The zero-order chi connectivity index (χ0) is 12.3. The summed E-state index contributed by atoms with van der Waals surface area (Å²) in [6, 6.07) is 6.70. The first-order valence-electron chi connectivity index (χ1n) is 6.47. The predicted molar refractivity (Wildman–Crippen MR) is 75.0 cm³/mol. The van der Waals surface area contributed by atoms with E-state index >= 15 is 0 Å². The van der Waals surface area contributed by atoms with E-state index in [9.17, 15) is 0 Å². The van der Waals surface area contributed by atoms with Gasteiger partial charge in [0.15, 0.2) is 0 Å². The van der Waals surface area contributed by atoms with Gasteiger partial charge in [-0.15, -0.1) is 0 Å². The number of hydrogen-bond acceptors (Lipinski definition) is 3. The van der Waals surface area contributed by atoms with Crippen molar-refractivity contribution in [3.8, 4) is 0 Å². The van der Waals surface area contributed by atoms with Crippen molar-refractivity contribution < 1.29 is 0 Å². The summed E-state index contributed by atoms with van der Waals surface area (Å²) in [7, 11) is 2.17. The third kappa shape index (κ3) is 3.13. The normalized spacial score (nSPS) is 17.4. The average molecular weight is 233 g/mol. The number of likely N-dealkylation sites (N-methyl/N-ethyl adjacent to an activating group) is 1.